The van der Waals surface area contributed by atoms with Gasteiger partial charge in [-0.25, -0.2) is 4.79 Å². The van der Waals surface area contributed by atoms with Crippen LogP contribution in [-0.2, 0) is 11.4 Å². The van der Waals surface area contributed by atoms with Gasteiger partial charge in [-0.15, -0.1) is 0 Å². The van der Waals surface area contributed by atoms with Crippen molar-refractivity contribution in [2.45, 2.75) is 18.6 Å². The first-order valence-electron chi connectivity index (χ1n) is 12.8. The van der Waals surface area contributed by atoms with Crippen LogP contribution in [-0.4, -0.2) is 18.7 Å². The average molecular weight is 567 g/mol. The summed E-state index contributed by atoms with van der Waals surface area (Å²) in [6, 6.07) is 29.1. The van der Waals surface area contributed by atoms with E-state index in [1.165, 1.54) is 0 Å². The van der Waals surface area contributed by atoms with E-state index in [4.69, 9.17) is 41.0 Å². The van der Waals surface area contributed by atoms with Crippen molar-refractivity contribution in [1.82, 2.24) is 0 Å². The molecule has 2 unspecified atom stereocenters. The lowest BCUT2D eigenvalue weighted by Gasteiger charge is -2.27. The van der Waals surface area contributed by atoms with Crippen molar-refractivity contribution in [3.63, 3.8) is 0 Å². The zero-order valence-electron chi connectivity index (χ0n) is 21.6. The van der Waals surface area contributed by atoms with Crippen molar-refractivity contribution in [3.8, 4) is 34.8 Å². The first-order valence-corrected chi connectivity index (χ1v) is 13.1. The van der Waals surface area contributed by atoms with Gasteiger partial charge in [-0.1, -0.05) is 54.1 Å². The molecule has 0 radical (unpaired) electrons. The number of nitriles is 1. The summed E-state index contributed by atoms with van der Waals surface area (Å²) in [4.78, 5) is 12.8. The first kappa shape index (κ1) is 26.1. The molecular weight excluding hydrogens is 544 g/mol. The zero-order chi connectivity index (χ0) is 28.3. The largest absolute Gasteiger partial charge is 0.489 e. The number of nitrogens with two attached hydrogens (primary N) is 1. The number of fused-ring (bicyclic) bond motifs is 2. The van der Waals surface area contributed by atoms with Gasteiger partial charge in [0.05, 0.1) is 5.92 Å². The van der Waals surface area contributed by atoms with E-state index in [2.05, 4.69) is 6.07 Å². The Morgan fingerprint density at radius 1 is 0.951 bits per heavy atom. The molecule has 2 aliphatic rings. The van der Waals surface area contributed by atoms with Crippen LogP contribution in [0.15, 0.2) is 102 Å². The summed E-state index contributed by atoms with van der Waals surface area (Å²) >= 11 is 5.98. The molecule has 0 aromatic heterocycles. The molecule has 0 bridgehead atoms. The molecule has 2 N–H and O–H groups in total. The van der Waals surface area contributed by atoms with Gasteiger partial charge in [-0.05, 0) is 53.6 Å². The van der Waals surface area contributed by atoms with Crippen LogP contribution in [0.3, 0.4) is 0 Å². The second kappa shape index (κ2) is 11.2. The smallest absolute Gasteiger partial charge is 0.356 e. The molecule has 4 aromatic carbocycles. The number of carbonyl (C=O) groups is 1. The number of hydrogen-bond acceptors (Lipinski definition) is 8. The minimum absolute atomic E-state index is 0.0248. The highest BCUT2D eigenvalue weighted by atomic mass is 35.5. The number of allylic oxidation sites excluding steroid dienone is 1. The van der Waals surface area contributed by atoms with Crippen LogP contribution < -0.4 is 29.4 Å². The first-order chi connectivity index (χ1) is 20.0. The average Bonchev–Trinajstić information content (AvgIpc) is 3.00. The summed E-state index contributed by atoms with van der Waals surface area (Å²) < 4.78 is 28.8. The van der Waals surface area contributed by atoms with Gasteiger partial charge in [0.25, 0.3) is 0 Å². The number of halogens is 1. The van der Waals surface area contributed by atoms with Gasteiger partial charge in [0.2, 0.25) is 12.0 Å². The van der Waals surface area contributed by atoms with E-state index in [0.29, 0.717) is 40.2 Å². The van der Waals surface area contributed by atoms with Gasteiger partial charge in [0.1, 0.15) is 42.1 Å². The van der Waals surface area contributed by atoms with Gasteiger partial charge in [0.15, 0.2) is 11.5 Å². The summed E-state index contributed by atoms with van der Waals surface area (Å²) in [5.41, 5.74) is 8.90. The molecule has 204 valence electrons. The molecule has 6 rings (SSSR count). The molecule has 0 spiro atoms. The van der Waals surface area contributed by atoms with Gasteiger partial charge >= 0.3 is 5.97 Å². The fourth-order valence-corrected chi connectivity index (χ4v) is 4.82. The molecule has 4 aromatic rings. The normalized spacial score (nSPS) is 17.1. The van der Waals surface area contributed by atoms with Crippen molar-refractivity contribution in [2.75, 3.05) is 6.61 Å². The minimum atomic E-state index is -0.930. The van der Waals surface area contributed by atoms with Crippen LogP contribution in [0.1, 0.15) is 22.6 Å². The van der Waals surface area contributed by atoms with E-state index in [0.717, 1.165) is 11.1 Å². The van der Waals surface area contributed by atoms with Crippen molar-refractivity contribution in [3.05, 3.63) is 124 Å². The van der Waals surface area contributed by atoms with Crippen LogP contribution in [0, 0.1) is 11.3 Å². The Bertz CT molecular complexity index is 1700. The highest BCUT2D eigenvalue weighted by molar-refractivity contribution is 6.30. The van der Waals surface area contributed by atoms with Crippen molar-refractivity contribution < 1.29 is 28.5 Å². The predicted octanol–water partition coefficient (Wildman–Crippen LogP) is 5.88. The standard InChI is InChI=1S/C32H23ClN2O6/c33-21-10-8-19(9-11-21)17-37-22-5-3-4-20(14-22)30-24-13-12-23(15-28(24)41-31(35)25(30)16-34)39-32(36)29-18-38-26-6-1-2-7-27(26)40-29/h1-15,29-30H,17-18,35H2. The van der Waals surface area contributed by atoms with E-state index in [-0.39, 0.29) is 23.8 Å². The number of carbonyl (C=O) groups excluding carboxylic acids is 1. The van der Waals surface area contributed by atoms with E-state index in [1.807, 2.05) is 54.6 Å². The molecule has 8 nitrogen and oxygen atoms in total. The lowest BCUT2D eigenvalue weighted by Crippen LogP contribution is -2.39. The monoisotopic (exact) mass is 566 g/mol. The Morgan fingerprint density at radius 2 is 1.76 bits per heavy atom. The van der Waals surface area contributed by atoms with E-state index in [9.17, 15) is 10.1 Å². The molecule has 2 aliphatic heterocycles. The van der Waals surface area contributed by atoms with Gasteiger partial charge in [-0.2, -0.15) is 5.26 Å². The number of esters is 1. The van der Waals surface area contributed by atoms with Crippen LogP contribution in [0.4, 0.5) is 0 Å². The summed E-state index contributed by atoms with van der Waals surface area (Å²) in [6.45, 7) is 0.376. The Balaban J connectivity index is 1.22. The predicted molar refractivity (Wildman–Crippen MR) is 150 cm³/mol. The highest BCUT2D eigenvalue weighted by Crippen LogP contribution is 2.44. The van der Waals surface area contributed by atoms with Crippen LogP contribution in [0.25, 0.3) is 0 Å². The third-order valence-electron chi connectivity index (χ3n) is 6.69. The number of rotatable bonds is 6. The van der Waals surface area contributed by atoms with E-state index < -0.39 is 18.0 Å². The quantitative estimate of drug-likeness (QED) is 0.227. The molecule has 0 saturated heterocycles. The third kappa shape index (κ3) is 5.49. The summed E-state index contributed by atoms with van der Waals surface area (Å²) in [5, 5.41) is 10.6. The number of benzene rings is 4. The molecule has 0 aliphatic carbocycles. The fraction of sp³-hybridized carbons (Fsp3) is 0.125. The van der Waals surface area contributed by atoms with Crippen molar-refractivity contribution >= 4 is 17.6 Å². The molecule has 2 atom stereocenters. The second-order valence-corrected chi connectivity index (χ2v) is 9.83. The third-order valence-corrected chi connectivity index (χ3v) is 6.94. The topological polar surface area (TPSA) is 113 Å². The summed E-state index contributed by atoms with van der Waals surface area (Å²) in [5.74, 6) is 1.12. The Kier molecular flexibility index (Phi) is 7.11. The Hall–Kier alpha value is -5.13. The van der Waals surface area contributed by atoms with Crippen LogP contribution >= 0.6 is 11.6 Å². The summed E-state index contributed by atoms with van der Waals surface area (Å²) in [6.07, 6.45) is -0.930. The van der Waals surface area contributed by atoms with E-state index >= 15 is 0 Å². The molecule has 0 saturated carbocycles. The SMILES string of the molecule is N#CC1=C(N)Oc2cc(OC(=O)C3COc4ccccc4O3)ccc2C1c1cccc(OCc2ccc(Cl)cc2)c1. The van der Waals surface area contributed by atoms with Crippen LogP contribution in [0.2, 0.25) is 5.02 Å². The Morgan fingerprint density at radius 3 is 2.56 bits per heavy atom. The molecule has 0 fully saturated rings. The zero-order valence-corrected chi connectivity index (χ0v) is 22.3. The lowest BCUT2D eigenvalue weighted by atomic mass is 9.83. The van der Waals surface area contributed by atoms with E-state index in [1.54, 1.807) is 36.4 Å². The maximum absolute atomic E-state index is 12.8. The molecular formula is C32H23ClN2O6. The fourth-order valence-electron chi connectivity index (χ4n) is 4.69. The van der Waals surface area contributed by atoms with Gasteiger partial charge in [0, 0.05) is 16.7 Å². The Labute approximate surface area is 241 Å². The summed E-state index contributed by atoms with van der Waals surface area (Å²) in [7, 11) is 0. The number of nitrogens with zero attached hydrogens (tertiary/aromatic N) is 1. The second-order valence-electron chi connectivity index (χ2n) is 9.40. The maximum atomic E-state index is 12.8. The molecule has 2 heterocycles. The van der Waals surface area contributed by atoms with Crippen molar-refractivity contribution in [2.24, 2.45) is 5.73 Å². The highest BCUT2D eigenvalue weighted by Gasteiger charge is 2.33. The molecule has 9 heteroatoms. The number of ether oxygens (including phenoxy) is 5. The van der Waals surface area contributed by atoms with Gasteiger partial charge < -0.3 is 29.4 Å². The van der Waals surface area contributed by atoms with Gasteiger partial charge in [-0.3, -0.25) is 0 Å². The minimum Gasteiger partial charge on any atom is -0.489 e. The number of para-hydroxylation sites is 2. The number of hydrogen-bond donors (Lipinski definition) is 1. The van der Waals surface area contributed by atoms with Crippen LogP contribution in [0.5, 0.6) is 28.7 Å². The lowest BCUT2D eigenvalue weighted by molar-refractivity contribution is -0.144. The van der Waals surface area contributed by atoms with Crippen molar-refractivity contribution in [1.29, 1.82) is 5.26 Å². The molecule has 41 heavy (non-hydrogen) atoms. The molecule has 0 amide bonds. The maximum Gasteiger partial charge on any atom is 0.356 e.